The van der Waals surface area contributed by atoms with Gasteiger partial charge in [0.15, 0.2) is 5.13 Å². The van der Waals surface area contributed by atoms with E-state index in [1.54, 1.807) is 12.0 Å². The molecule has 1 aromatic carbocycles. The van der Waals surface area contributed by atoms with Gasteiger partial charge in [-0.1, -0.05) is 23.5 Å². The lowest BCUT2D eigenvalue weighted by Crippen LogP contribution is -2.46. The molecule has 0 aliphatic carbocycles. The molecule has 6 rings (SSSR count). The van der Waals surface area contributed by atoms with Gasteiger partial charge in [0.05, 0.1) is 55.0 Å². The SMILES string of the molecule is COc1ccc2sc(N3CC45C=CC(O4)C(C(=O)NCCN4CCOCC4)C5C3=O)nc2c1. The minimum absolute atomic E-state index is 0.0961. The number of benzene rings is 1. The molecule has 0 saturated carbocycles. The van der Waals surface area contributed by atoms with E-state index >= 15 is 0 Å². The summed E-state index contributed by atoms with van der Waals surface area (Å²) in [6, 6.07) is 5.69. The molecular weight excluding hydrogens is 444 g/mol. The monoisotopic (exact) mass is 470 g/mol. The number of morpholine rings is 1. The Morgan fingerprint density at radius 3 is 3.03 bits per heavy atom. The predicted molar refractivity (Wildman–Crippen MR) is 123 cm³/mol. The number of carbonyl (C=O) groups is 2. The Kier molecular flexibility index (Phi) is 5.13. The quantitative estimate of drug-likeness (QED) is 0.631. The number of rotatable bonds is 6. The average molecular weight is 471 g/mol. The minimum Gasteiger partial charge on any atom is -0.497 e. The van der Waals surface area contributed by atoms with Gasteiger partial charge in [-0.05, 0) is 12.1 Å². The number of nitrogens with one attached hydrogen (secondary N) is 1. The van der Waals surface area contributed by atoms with E-state index in [-0.39, 0.29) is 17.9 Å². The summed E-state index contributed by atoms with van der Waals surface area (Å²) in [5.41, 5.74) is 0.0265. The topological polar surface area (TPSA) is 93.2 Å². The van der Waals surface area contributed by atoms with Crippen LogP contribution in [0.15, 0.2) is 30.4 Å². The number of carbonyl (C=O) groups excluding carboxylic acids is 2. The van der Waals surface area contributed by atoms with Gasteiger partial charge < -0.3 is 19.5 Å². The average Bonchev–Trinajstić information content (AvgIpc) is 3.58. The van der Waals surface area contributed by atoms with Gasteiger partial charge in [-0.15, -0.1) is 0 Å². The standard InChI is InChI=1S/C23H26N4O5S/c1-30-14-2-3-17-15(12-14)25-22(33-17)27-13-23-5-4-16(32-23)18(19(23)21(27)29)20(28)24-6-7-26-8-10-31-11-9-26/h2-5,12,16,18-19H,6-11,13H2,1H3,(H,24,28). The third-order valence-corrected chi connectivity index (χ3v) is 8.11. The van der Waals surface area contributed by atoms with Gasteiger partial charge in [0, 0.05) is 32.2 Å². The van der Waals surface area contributed by atoms with E-state index in [2.05, 4.69) is 15.2 Å². The van der Waals surface area contributed by atoms with E-state index in [9.17, 15) is 9.59 Å². The Balaban J connectivity index is 1.19. The molecule has 2 amide bonds. The van der Waals surface area contributed by atoms with Crippen molar-refractivity contribution in [3.63, 3.8) is 0 Å². The number of methoxy groups -OCH3 is 1. The van der Waals surface area contributed by atoms with E-state index in [1.807, 2.05) is 30.4 Å². The first-order valence-electron chi connectivity index (χ1n) is 11.3. The Morgan fingerprint density at radius 1 is 1.36 bits per heavy atom. The second-order valence-electron chi connectivity index (χ2n) is 8.90. The zero-order valence-corrected chi connectivity index (χ0v) is 19.2. The van der Waals surface area contributed by atoms with Crippen LogP contribution >= 0.6 is 11.3 Å². The van der Waals surface area contributed by atoms with Crippen LogP contribution in [0.25, 0.3) is 10.2 Å². The van der Waals surface area contributed by atoms with Crippen LogP contribution in [-0.4, -0.2) is 86.5 Å². The van der Waals surface area contributed by atoms with Gasteiger partial charge in [-0.2, -0.15) is 0 Å². The molecule has 4 aliphatic rings. The summed E-state index contributed by atoms with van der Waals surface area (Å²) >= 11 is 1.46. The number of hydrogen-bond acceptors (Lipinski definition) is 8. The fourth-order valence-electron chi connectivity index (χ4n) is 5.38. The summed E-state index contributed by atoms with van der Waals surface area (Å²) in [7, 11) is 1.62. The molecule has 9 nitrogen and oxygen atoms in total. The van der Waals surface area contributed by atoms with Crippen molar-refractivity contribution in [2.75, 3.05) is 57.9 Å². The highest BCUT2D eigenvalue weighted by Gasteiger charge is 2.67. The number of nitrogens with zero attached hydrogens (tertiary/aromatic N) is 3. The molecule has 1 spiro atoms. The first kappa shape index (κ1) is 21.0. The zero-order chi connectivity index (χ0) is 22.6. The predicted octanol–water partition coefficient (Wildman–Crippen LogP) is 1.04. The smallest absolute Gasteiger partial charge is 0.236 e. The Bertz CT molecular complexity index is 1130. The van der Waals surface area contributed by atoms with Crippen molar-refractivity contribution in [3.05, 3.63) is 30.4 Å². The first-order valence-corrected chi connectivity index (χ1v) is 12.1. The number of hydrogen-bond donors (Lipinski definition) is 1. The van der Waals surface area contributed by atoms with Gasteiger partial charge >= 0.3 is 0 Å². The summed E-state index contributed by atoms with van der Waals surface area (Å²) in [6.07, 6.45) is 3.54. The normalized spacial score (nSPS) is 30.9. The lowest BCUT2D eigenvalue weighted by atomic mass is 9.77. The second kappa shape index (κ2) is 8.05. The highest BCUT2D eigenvalue weighted by atomic mass is 32.1. The third-order valence-electron chi connectivity index (χ3n) is 7.05. The number of ether oxygens (including phenoxy) is 3. The molecule has 174 valence electrons. The lowest BCUT2D eigenvalue weighted by Gasteiger charge is -2.27. The fourth-order valence-corrected chi connectivity index (χ4v) is 6.33. The van der Waals surface area contributed by atoms with Crippen molar-refractivity contribution in [2.45, 2.75) is 11.7 Å². The van der Waals surface area contributed by atoms with Gasteiger partial charge in [-0.3, -0.25) is 19.4 Å². The van der Waals surface area contributed by atoms with E-state index < -0.39 is 17.4 Å². The van der Waals surface area contributed by atoms with Gasteiger partial charge in [-0.25, -0.2) is 4.98 Å². The third kappa shape index (κ3) is 3.43. The number of anilines is 1. The molecule has 4 atom stereocenters. The molecule has 4 aliphatic heterocycles. The van der Waals surface area contributed by atoms with Crippen LogP contribution in [0.4, 0.5) is 5.13 Å². The van der Waals surface area contributed by atoms with Crippen molar-refractivity contribution >= 4 is 38.5 Å². The number of amides is 2. The summed E-state index contributed by atoms with van der Waals surface area (Å²) < 4.78 is 17.9. The Hall–Kier alpha value is -2.53. The first-order chi connectivity index (χ1) is 16.1. The summed E-state index contributed by atoms with van der Waals surface area (Å²) in [5.74, 6) is -0.541. The Morgan fingerprint density at radius 2 is 2.21 bits per heavy atom. The molecule has 5 heterocycles. The molecule has 2 aromatic rings. The van der Waals surface area contributed by atoms with Crippen LogP contribution in [0.5, 0.6) is 5.75 Å². The molecule has 1 aromatic heterocycles. The van der Waals surface area contributed by atoms with E-state index in [1.165, 1.54) is 11.3 Å². The highest BCUT2D eigenvalue weighted by molar-refractivity contribution is 7.22. The molecule has 1 N–H and O–H groups in total. The second-order valence-corrected chi connectivity index (χ2v) is 9.91. The van der Waals surface area contributed by atoms with Crippen LogP contribution < -0.4 is 15.0 Å². The molecule has 33 heavy (non-hydrogen) atoms. The molecular formula is C23H26N4O5S. The van der Waals surface area contributed by atoms with Crippen molar-refractivity contribution < 1.29 is 23.8 Å². The maximum absolute atomic E-state index is 13.6. The molecule has 2 bridgehead atoms. The highest BCUT2D eigenvalue weighted by Crippen LogP contribution is 2.53. The fraction of sp³-hybridized carbons (Fsp3) is 0.522. The minimum atomic E-state index is -0.760. The van der Waals surface area contributed by atoms with Crippen molar-refractivity contribution in [1.29, 1.82) is 0 Å². The Labute approximate surface area is 195 Å². The van der Waals surface area contributed by atoms with Crippen LogP contribution in [-0.2, 0) is 19.1 Å². The maximum Gasteiger partial charge on any atom is 0.236 e. The van der Waals surface area contributed by atoms with Gasteiger partial charge in [0.25, 0.3) is 0 Å². The lowest BCUT2D eigenvalue weighted by molar-refractivity contribution is -0.132. The summed E-state index contributed by atoms with van der Waals surface area (Å²) in [6.45, 7) is 4.90. The maximum atomic E-state index is 13.6. The van der Waals surface area contributed by atoms with Crippen LogP contribution in [0, 0.1) is 11.8 Å². The summed E-state index contributed by atoms with van der Waals surface area (Å²) in [4.78, 5) is 35.3. The van der Waals surface area contributed by atoms with Gasteiger partial charge in [0.1, 0.15) is 11.4 Å². The van der Waals surface area contributed by atoms with Crippen LogP contribution in [0.1, 0.15) is 0 Å². The van der Waals surface area contributed by atoms with Gasteiger partial charge in [0.2, 0.25) is 11.8 Å². The molecule has 0 radical (unpaired) electrons. The molecule has 3 saturated heterocycles. The molecule has 4 unspecified atom stereocenters. The van der Waals surface area contributed by atoms with E-state index in [0.29, 0.717) is 18.2 Å². The molecule has 3 fully saturated rings. The number of thiazole rings is 1. The molecule has 10 heteroatoms. The summed E-state index contributed by atoms with van der Waals surface area (Å²) in [5, 5.41) is 3.67. The number of aromatic nitrogens is 1. The van der Waals surface area contributed by atoms with Crippen LogP contribution in [0.3, 0.4) is 0 Å². The zero-order valence-electron chi connectivity index (χ0n) is 18.4. The number of fused-ring (bicyclic) bond motifs is 2. The van der Waals surface area contributed by atoms with Crippen molar-refractivity contribution in [3.8, 4) is 5.75 Å². The van der Waals surface area contributed by atoms with Crippen LogP contribution in [0.2, 0.25) is 0 Å². The van der Waals surface area contributed by atoms with E-state index in [0.717, 1.165) is 48.8 Å². The van der Waals surface area contributed by atoms with E-state index in [4.69, 9.17) is 14.2 Å². The van der Waals surface area contributed by atoms with Crippen molar-refractivity contribution in [2.24, 2.45) is 11.8 Å². The van der Waals surface area contributed by atoms with Crippen molar-refractivity contribution in [1.82, 2.24) is 15.2 Å². The largest absolute Gasteiger partial charge is 0.497 e.